The molecule has 1 fully saturated rings. The average molecular weight is 491 g/mol. The molecule has 2 N–H and O–H groups in total. The van der Waals surface area contributed by atoms with Crippen LogP contribution in [0.2, 0.25) is 0 Å². The van der Waals surface area contributed by atoms with Gasteiger partial charge in [-0.3, -0.25) is 19.6 Å². The second-order valence-corrected chi connectivity index (χ2v) is 9.74. The Hall–Kier alpha value is -2.49. The van der Waals surface area contributed by atoms with Crippen molar-refractivity contribution in [1.29, 1.82) is 0 Å². The van der Waals surface area contributed by atoms with Crippen molar-refractivity contribution in [3.8, 4) is 0 Å². The third kappa shape index (κ3) is 7.75. The van der Waals surface area contributed by atoms with Crippen LogP contribution in [0.3, 0.4) is 0 Å². The van der Waals surface area contributed by atoms with Gasteiger partial charge in [-0.1, -0.05) is 24.3 Å². The number of carbonyl (C=O) groups excluding carboxylic acids is 1. The van der Waals surface area contributed by atoms with Crippen LogP contribution in [0.4, 0.5) is 13.2 Å². The van der Waals surface area contributed by atoms with Gasteiger partial charge in [-0.15, -0.1) is 0 Å². The van der Waals surface area contributed by atoms with Crippen LogP contribution in [0.15, 0.2) is 42.7 Å². The van der Waals surface area contributed by atoms with Gasteiger partial charge in [0.2, 0.25) is 0 Å². The van der Waals surface area contributed by atoms with Crippen molar-refractivity contribution in [2.24, 2.45) is 5.92 Å². The highest BCUT2D eigenvalue weighted by atomic mass is 19.4. The van der Waals surface area contributed by atoms with Gasteiger partial charge < -0.3 is 10.4 Å². The Morgan fingerprint density at radius 3 is 2.60 bits per heavy atom. The quantitative estimate of drug-likeness (QED) is 0.596. The molecule has 2 aromatic rings. The Bertz CT molecular complexity index is 993. The summed E-state index contributed by atoms with van der Waals surface area (Å²) in [6, 6.07) is 10.1. The molecule has 1 aromatic carbocycles. The number of benzene rings is 1. The molecule has 4 rings (SSSR count). The molecule has 9 heteroatoms. The van der Waals surface area contributed by atoms with Gasteiger partial charge in [-0.2, -0.15) is 13.2 Å². The number of carbonyl (C=O) groups is 1. The first-order valence-corrected chi connectivity index (χ1v) is 12.2. The second-order valence-electron chi connectivity index (χ2n) is 9.74. The predicted octanol–water partition coefficient (Wildman–Crippen LogP) is 3.05. The number of aliphatic hydroxyl groups is 1. The number of aliphatic hydroxyl groups excluding tert-OH is 1. The number of hydrogen-bond donors (Lipinski definition) is 2. The summed E-state index contributed by atoms with van der Waals surface area (Å²) in [5, 5.41) is 13.3. The highest BCUT2D eigenvalue weighted by Gasteiger charge is 2.32. The van der Waals surface area contributed by atoms with E-state index in [0.29, 0.717) is 44.5 Å². The van der Waals surface area contributed by atoms with E-state index in [9.17, 15) is 23.1 Å². The molecular weight excluding hydrogens is 457 g/mol. The van der Waals surface area contributed by atoms with Crippen molar-refractivity contribution in [2.75, 3.05) is 39.3 Å². The molecular formula is C26H33F3N4O2. The van der Waals surface area contributed by atoms with Crippen molar-refractivity contribution in [3.05, 3.63) is 65.0 Å². The summed E-state index contributed by atoms with van der Waals surface area (Å²) in [4.78, 5) is 20.5. The van der Waals surface area contributed by atoms with Crippen LogP contribution in [0, 0.1) is 5.92 Å². The zero-order valence-electron chi connectivity index (χ0n) is 19.8. The number of β-amino-alcohol motifs (C(OH)–C–C–N with tert-alkyl or cyclic N) is 1. The number of amides is 1. The lowest BCUT2D eigenvalue weighted by Crippen LogP contribution is -2.42. The number of alkyl halides is 3. The first-order valence-electron chi connectivity index (χ1n) is 12.2. The summed E-state index contributed by atoms with van der Waals surface area (Å²) in [5.41, 5.74) is 3.96. The number of fused-ring (bicyclic) bond motifs is 1. The smallest absolute Gasteiger partial charge is 0.390 e. The lowest BCUT2D eigenvalue weighted by atomic mass is 9.90. The van der Waals surface area contributed by atoms with Crippen LogP contribution < -0.4 is 5.32 Å². The molecule has 2 aliphatic heterocycles. The minimum Gasteiger partial charge on any atom is -0.390 e. The van der Waals surface area contributed by atoms with Crippen molar-refractivity contribution >= 4 is 5.91 Å². The van der Waals surface area contributed by atoms with Crippen molar-refractivity contribution in [2.45, 2.75) is 44.5 Å². The fourth-order valence-electron chi connectivity index (χ4n) is 5.04. The first-order chi connectivity index (χ1) is 16.7. The lowest BCUT2D eigenvalue weighted by Gasteiger charge is -2.32. The monoisotopic (exact) mass is 490 g/mol. The van der Waals surface area contributed by atoms with E-state index < -0.39 is 18.8 Å². The minimum atomic E-state index is -4.16. The fourth-order valence-corrected chi connectivity index (χ4v) is 5.04. The second kappa shape index (κ2) is 11.5. The van der Waals surface area contributed by atoms with E-state index in [1.165, 1.54) is 22.2 Å². The third-order valence-electron chi connectivity index (χ3n) is 6.87. The van der Waals surface area contributed by atoms with Gasteiger partial charge in [0.15, 0.2) is 0 Å². The molecule has 0 bridgehead atoms. The molecule has 0 spiro atoms. The molecule has 35 heavy (non-hydrogen) atoms. The van der Waals surface area contributed by atoms with E-state index in [4.69, 9.17) is 0 Å². The molecule has 1 atom stereocenters. The van der Waals surface area contributed by atoms with E-state index in [0.717, 1.165) is 25.1 Å². The van der Waals surface area contributed by atoms with Gasteiger partial charge >= 0.3 is 6.18 Å². The average Bonchev–Trinajstić information content (AvgIpc) is 2.83. The van der Waals surface area contributed by atoms with Gasteiger partial charge in [0.1, 0.15) is 0 Å². The van der Waals surface area contributed by atoms with E-state index in [1.54, 1.807) is 12.3 Å². The van der Waals surface area contributed by atoms with Crippen LogP contribution in [-0.2, 0) is 19.4 Å². The summed E-state index contributed by atoms with van der Waals surface area (Å²) < 4.78 is 37.7. The molecule has 190 valence electrons. The first kappa shape index (κ1) is 25.6. The van der Waals surface area contributed by atoms with E-state index >= 15 is 0 Å². The maximum Gasteiger partial charge on any atom is 0.401 e. The fraction of sp³-hybridized carbons (Fsp3) is 0.538. The predicted molar refractivity (Wildman–Crippen MR) is 127 cm³/mol. The number of aromatic nitrogens is 1. The van der Waals surface area contributed by atoms with Crippen LogP contribution >= 0.6 is 0 Å². The molecule has 2 aliphatic rings. The van der Waals surface area contributed by atoms with Gasteiger partial charge in [0, 0.05) is 38.6 Å². The highest BCUT2D eigenvalue weighted by Crippen LogP contribution is 2.25. The number of rotatable bonds is 8. The Kier molecular flexibility index (Phi) is 8.41. The molecule has 6 nitrogen and oxygen atoms in total. The van der Waals surface area contributed by atoms with Crippen molar-refractivity contribution in [1.82, 2.24) is 20.1 Å². The van der Waals surface area contributed by atoms with E-state index in [2.05, 4.69) is 27.3 Å². The van der Waals surface area contributed by atoms with E-state index in [-0.39, 0.29) is 18.4 Å². The van der Waals surface area contributed by atoms with Crippen LogP contribution in [0.5, 0.6) is 0 Å². The number of piperidine rings is 1. The summed E-state index contributed by atoms with van der Waals surface area (Å²) in [7, 11) is 0. The molecule has 0 aliphatic carbocycles. The normalized spacial score (nSPS) is 18.7. The number of likely N-dealkylation sites (tertiary alicyclic amines) is 1. The molecule has 1 saturated heterocycles. The standard InChI is InChI=1S/C26H33F3N4O2/c27-26(28,29)18-32-8-5-19(6-9-32)11-20-12-23(14-30-13-20)25(35)31-15-24(34)17-33-10-7-21-3-1-2-4-22(21)16-33/h1-4,12-14,19,24,34H,5-11,15-18H2,(H,31,35)/t24-/m0/s1. The molecule has 1 aromatic heterocycles. The molecule has 3 heterocycles. The van der Waals surface area contributed by atoms with Gasteiger partial charge in [0.05, 0.1) is 18.2 Å². The topological polar surface area (TPSA) is 68.7 Å². The zero-order valence-corrected chi connectivity index (χ0v) is 19.8. The number of hydrogen-bond acceptors (Lipinski definition) is 5. The number of halogens is 3. The largest absolute Gasteiger partial charge is 0.401 e. The third-order valence-corrected chi connectivity index (χ3v) is 6.87. The summed E-state index contributed by atoms with van der Waals surface area (Å²) in [5.74, 6) is -0.0153. The molecule has 0 radical (unpaired) electrons. The van der Waals surface area contributed by atoms with E-state index in [1.807, 2.05) is 12.1 Å². The SMILES string of the molecule is O=C(NC[C@H](O)CN1CCc2ccccc2C1)c1cncc(CC2CCN(CC(F)(F)F)CC2)c1. The maximum absolute atomic E-state index is 12.6. The van der Waals surface area contributed by atoms with Crippen LogP contribution in [0.25, 0.3) is 0 Å². The van der Waals surface area contributed by atoms with Crippen LogP contribution in [-0.4, -0.2) is 77.3 Å². The van der Waals surface area contributed by atoms with Gasteiger partial charge in [0.25, 0.3) is 5.91 Å². The maximum atomic E-state index is 12.6. The molecule has 1 amide bonds. The lowest BCUT2D eigenvalue weighted by molar-refractivity contribution is -0.148. The Balaban J connectivity index is 1.21. The highest BCUT2D eigenvalue weighted by molar-refractivity contribution is 5.94. The van der Waals surface area contributed by atoms with Crippen molar-refractivity contribution in [3.63, 3.8) is 0 Å². The minimum absolute atomic E-state index is 0.152. The number of nitrogens with zero attached hydrogens (tertiary/aromatic N) is 3. The van der Waals surface area contributed by atoms with Gasteiger partial charge in [-0.05, 0) is 67.4 Å². The van der Waals surface area contributed by atoms with Gasteiger partial charge in [-0.25, -0.2) is 0 Å². The Morgan fingerprint density at radius 1 is 1.11 bits per heavy atom. The summed E-state index contributed by atoms with van der Waals surface area (Å²) in [6.07, 6.45) is 1.40. The zero-order chi connectivity index (χ0) is 24.8. The van der Waals surface area contributed by atoms with Crippen LogP contribution in [0.1, 0.15) is 39.9 Å². The Labute approximate surface area is 204 Å². The summed E-state index contributed by atoms with van der Waals surface area (Å²) >= 11 is 0. The molecule has 0 saturated carbocycles. The number of pyridine rings is 1. The molecule has 0 unspecified atom stereocenters. The van der Waals surface area contributed by atoms with Crippen molar-refractivity contribution < 1.29 is 23.1 Å². The summed E-state index contributed by atoms with van der Waals surface area (Å²) in [6.45, 7) is 2.31. The Morgan fingerprint density at radius 2 is 1.86 bits per heavy atom. The number of nitrogens with one attached hydrogen (secondary N) is 1.